The van der Waals surface area contributed by atoms with Gasteiger partial charge in [0, 0.05) is 12.8 Å². The van der Waals surface area contributed by atoms with E-state index >= 15 is 0 Å². The molecule has 0 bridgehead atoms. The quantitative estimate of drug-likeness (QED) is 0.857. The molecule has 0 saturated heterocycles. The lowest BCUT2D eigenvalue weighted by atomic mass is 9.92. The van der Waals surface area contributed by atoms with Crippen LogP contribution in [0.15, 0.2) is 36.4 Å². The van der Waals surface area contributed by atoms with Crippen LogP contribution in [0.1, 0.15) is 26.2 Å². The Hall–Kier alpha value is -1.97. The molecule has 1 aliphatic rings. The summed E-state index contributed by atoms with van der Waals surface area (Å²) in [4.78, 5) is 22.9. The number of hydrogen-bond donors (Lipinski definition) is 1. The van der Waals surface area contributed by atoms with E-state index in [1.807, 2.05) is 6.92 Å². The van der Waals surface area contributed by atoms with E-state index in [4.69, 9.17) is 0 Å². The predicted molar refractivity (Wildman–Crippen MR) is 75.7 cm³/mol. The van der Waals surface area contributed by atoms with Crippen LogP contribution in [0, 0.1) is 17.7 Å². The van der Waals surface area contributed by atoms with Crippen molar-refractivity contribution in [3.8, 4) is 0 Å². The molecule has 1 fully saturated rings. The maximum Gasteiger partial charge on any atom is 0.248 e. The molecule has 1 amide bonds. The highest BCUT2D eigenvalue weighted by Crippen LogP contribution is 2.29. The van der Waals surface area contributed by atoms with Crippen molar-refractivity contribution in [3.63, 3.8) is 0 Å². The molecule has 0 heterocycles. The van der Waals surface area contributed by atoms with Gasteiger partial charge >= 0.3 is 0 Å². The van der Waals surface area contributed by atoms with Crippen molar-refractivity contribution >= 4 is 17.4 Å². The van der Waals surface area contributed by atoms with E-state index in [1.165, 1.54) is 18.2 Å². The fourth-order valence-corrected chi connectivity index (χ4v) is 2.43. The second-order valence-corrected chi connectivity index (χ2v) is 5.23. The number of amides is 1. The Morgan fingerprint density at radius 3 is 2.85 bits per heavy atom. The number of nitrogens with one attached hydrogen (secondary N) is 1. The predicted octanol–water partition coefficient (Wildman–Crippen LogP) is 3.33. The number of carbonyl (C=O) groups excluding carboxylic acids is 2. The lowest BCUT2D eigenvalue weighted by Crippen LogP contribution is -2.11. The van der Waals surface area contributed by atoms with E-state index in [-0.39, 0.29) is 17.5 Å². The normalized spacial score (nSPS) is 20.3. The first-order valence-electron chi connectivity index (χ1n) is 6.81. The third-order valence-corrected chi connectivity index (χ3v) is 3.71. The minimum absolute atomic E-state index is 0.172. The summed E-state index contributed by atoms with van der Waals surface area (Å²) in [6, 6.07) is 6.04. The van der Waals surface area contributed by atoms with Gasteiger partial charge in [-0.2, -0.15) is 0 Å². The Morgan fingerprint density at radius 2 is 2.20 bits per heavy atom. The number of rotatable bonds is 4. The zero-order valence-corrected chi connectivity index (χ0v) is 11.4. The summed E-state index contributed by atoms with van der Waals surface area (Å²) in [5, 5.41) is 2.50. The molecular weight excluding hydrogens is 257 g/mol. The zero-order chi connectivity index (χ0) is 14.5. The first-order chi connectivity index (χ1) is 9.56. The van der Waals surface area contributed by atoms with Gasteiger partial charge in [0.25, 0.3) is 0 Å². The van der Waals surface area contributed by atoms with Gasteiger partial charge in [-0.15, -0.1) is 0 Å². The minimum Gasteiger partial charge on any atom is -0.320 e. The molecule has 4 heteroatoms. The molecular formula is C16H18FNO2. The number of halogens is 1. The molecule has 0 aliphatic heterocycles. The van der Waals surface area contributed by atoms with Gasteiger partial charge in [-0.1, -0.05) is 25.1 Å². The average molecular weight is 275 g/mol. The number of benzene rings is 1. The Balaban J connectivity index is 1.89. The molecule has 3 nitrogen and oxygen atoms in total. The Bertz CT molecular complexity index is 539. The van der Waals surface area contributed by atoms with Crippen molar-refractivity contribution in [2.75, 3.05) is 5.32 Å². The summed E-state index contributed by atoms with van der Waals surface area (Å²) >= 11 is 0. The van der Waals surface area contributed by atoms with Crippen LogP contribution in [0.5, 0.6) is 0 Å². The minimum atomic E-state index is -0.455. The van der Waals surface area contributed by atoms with Crippen LogP contribution in [0.2, 0.25) is 0 Å². The molecule has 2 atom stereocenters. The van der Waals surface area contributed by atoms with Gasteiger partial charge in [0.05, 0.1) is 5.69 Å². The molecule has 0 aromatic heterocycles. The molecule has 20 heavy (non-hydrogen) atoms. The molecule has 1 aromatic carbocycles. The molecule has 106 valence electrons. The highest BCUT2D eigenvalue weighted by Gasteiger charge is 2.25. The van der Waals surface area contributed by atoms with Crippen LogP contribution in [-0.4, -0.2) is 11.7 Å². The Labute approximate surface area is 117 Å². The molecule has 1 N–H and O–H groups in total. The van der Waals surface area contributed by atoms with E-state index in [0.717, 1.165) is 6.42 Å². The van der Waals surface area contributed by atoms with Crippen molar-refractivity contribution in [3.05, 3.63) is 42.2 Å². The van der Waals surface area contributed by atoms with Crippen LogP contribution < -0.4 is 5.32 Å². The number of hydrogen-bond acceptors (Lipinski definition) is 2. The summed E-state index contributed by atoms with van der Waals surface area (Å²) in [6.07, 6.45) is 5.34. The van der Waals surface area contributed by atoms with E-state index in [0.29, 0.717) is 24.5 Å². The van der Waals surface area contributed by atoms with Crippen molar-refractivity contribution in [1.29, 1.82) is 0 Å². The van der Waals surface area contributed by atoms with Crippen molar-refractivity contribution in [2.24, 2.45) is 11.8 Å². The molecule has 0 radical (unpaired) electrons. The first kappa shape index (κ1) is 14.4. The lowest BCUT2D eigenvalue weighted by molar-refractivity contribution is -0.117. The number of carbonyl (C=O) groups is 2. The van der Waals surface area contributed by atoms with Crippen LogP contribution >= 0.6 is 0 Å². The fourth-order valence-electron chi connectivity index (χ4n) is 2.43. The summed E-state index contributed by atoms with van der Waals surface area (Å²) in [6.45, 7) is 2.00. The standard InChI is InChI=1S/C16H18FNO2/c1-11(12-7-8-13(19)10-12)6-9-16(20)18-15-5-3-2-4-14(15)17/h2-6,9,11-12H,7-8,10H2,1H3,(H,18,20)/b9-6+/t11-,12+/m0/s1. The number of Topliss-reactive ketones (excluding diaryl/α,β-unsaturated/α-hetero) is 1. The van der Waals surface area contributed by atoms with Crippen molar-refractivity contribution < 1.29 is 14.0 Å². The number of para-hydroxylation sites is 1. The van der Waals surface area contributed by atoms with Crippen LogP contribution in [-0.2, 0) is 9.59 Å². The highest BCUT2D eigenvalue weighted by molar-refractivity contribution is 5.99. The maximum atomic E-state index is 13.4. The fraction of sp³-hybridized carbons (Fsp3) is 0.375. The summed E-state index contributed by atoms with van der Waals surface area (Å²) < 4.78 is 13.4. The smallest absolute Gasteiger partial charge is 0.248 e. The van der Waals surface area contributed by atoms with Crippen molar-refractivity contribution in [2.45, 2.75) is 26.2 Å². The van der Waals surface area contributed by atoms with E-state index in [2.05, 4.69) is 5.32 Å². The summed E-state index contributed by atoms with van der Waals surface area (Å²) in [5.41, 5.74) is 0.172. The Kier molecular flexibility index (Phi) is 4.66. The van der Waals surface area contributed by atoms with Gasteiger partial charge in [-0.25, -0.2) is 4.39 Å². The number of anilines is 1. The lowest BCUT2D eigenvalue weighted by Gasteiger charge is -2.13. The summed E-state index contributed by atoms with van der Waals surface area (Å²) in [5.74, 6) is -0.0196. The van der Waals surface area contributed by atoms with Gasteiger partial charge < -0.3 is 5.32 Å². The third-order valence-electron chi connectivity index (χ3n) is 3.71. The topological polar surface area (TPSA) is 46.2 Å². The summed E-state index contributed by atoms with van der Waals surface area (Å²) in [7, 11) is 0. The van der Waals surface area contributed by atoms with E-state index in [9.17, 15) is 14.0 Å². The highest BCUT2D eigenvalue weighted by atomic mass is 19.1. The largest absolute Gasteiger partial charge is 0.320 e. The van der Waals surface area contributed by atoms with Crippen LogP contribution in [0.3, 0.4) is 0 Å². The van der Waals surface area contributed by atoms with Gasteiger partial charge in [0.15, 0.2) is 0 Å². The average Bonchev–Trinajstić information content (AvgIpc) is 2.85. The van der Waals surface area contributed by atoms with E-state index < -0.39 is 5.82 Å². The SMILES string of the molecule is C[C@@H](/C=C/C(=O)Nc1ccccc1F)[C@@H]1CCC(=O)C1. The van der Waals surface area contributed by atoms with Gasteiger partial charge in [-0.3, -0.25) is 9.59 Å². The molecule has 1 aliphatic carbocycles. The monoisotopic (exact) mass is 275 g/mol. The van der Waals surface area contributed by atoms with Crippen LogP contribution in [0.25, 0.3) is 0 Å². The first-order valence-corrected chi connectivity index (χ1v) is 6.81. The van der Waals surface area contributed by atoms with Crippen LogP contribution in [0.4, 0.5) is 10.1 Å². The third kappa shape index (κ3) is 3.76. The zero-order valence-electron chi connectivity index (χ0n) is 11.4. The molecule has 2 rings (SSSR count). The molecule has 1 aromatic rings. The second kappa shape index (κ2) is 6.46. The molecule has 1 saturated carbocycles. The van der Waals surface area contributed by atoms with Gasteiger partial charge in [-0.05, 0) is 36.5 Å². The number of ketones is 1. The Morgan fingerprint density at radius 1 is 1.45 bits per heavy atom. The molecule has 0 spiro atoms. The van der Waals surface area contributed by atoms with Crippen molar-refractivity contribution in [1.82, 2.24) is 0 Å². The van der Waals surface area contributed by atoms with E-state index in [1.54, 1.807) is 18.2 Å². The van der Waals surface area contributed by atoms with Gasteiger partial charge in [0.1, 0.15) is 11.6 Å². The van der Waals surface area contributed by atoms with Gasteiger partial charge in [0.2, 0.25) is 5.91 Å². The number of allylic oxidation sites excluding steroid dienone is 1. The second-order valence-electron chi connectivity index (χ2n) is 5.23. The molecule has 0 unspecified atom stereocenters. The maximum absolute atomic E-state index is 13.4.